The summed E-state index contributed by atoms with van der Waals surface area (Å²) in [6.07, 6.45) is 8.37. The van der Waals surface area contributed by atoms with Gasteiger partial charge in [0.25, 0.3) is 0 Å². The van der Waals surface area contributed by atoms with Crippen LogP contribution in [0.3, 0.4) is 0 Å². The summed E-state index contributed by atoms with van der Waals surface area (Å²) in [5, 5.41) is 7.02. The van der Waals surface area contributed by atoms with Crippen molar-refractivity contribution < 1.29 is 8.42 Å². The molecule has 2 saturated heterocycles. The molecule has 2 atom stereocenters. The van der Waals surface area contributed by atoms with E-state index in [1.807, 2.05) is 12.1 Å². The molecule has 28 heavy (non-hydrogen) atoms. The van der Waals surface area contributed by atoms with E-state index in [-0.39, 0.29) is 0 Å². The third-order valence-corrected chi connectivity index (χ3v) is 7.18. The Labute approximate surface area is 169 Å². The Hall–Kier alpha value is -1.60. The lowest BCUT2D eigenvalue weighted by molar-refractivity contribution is 0.0526. The quantitative estimate of drug-likeness (QED) is 0.560. The molecule has 1 aromatic carbocycles. The highest BCUT2D eigenvalue weighted by Crippen LogP contribution is 2.32. The van der Waals surface area contributed by atoms with Crippen LogP contribution in [0.15, 0.2) is 34.2 Å². The zero-order valence-electron chi connectivity index (χ0n) is 17.3. The van der Waals surface area contributed by atoms with Crippen molar-refractivity contribution in [1.82, 2.24) is 15.5 Å². The predicted octanol–water partition coefficient (Wildman–Crippen LogP) is 2.20. The summed E-state index contributed by atoms with van der Waals surface area (Å²) in [5.41, 5.74) is 1.10. The molecule has 2 aliphatic heterocycles. The Bertz CT molecular complexity index is 762. The van der Waals surface area contributed by atoms with Gasteiger partial charge in [0.1, 0.15) is 0 Å². The number of hydrogen-bond acceptors (Lipinski definition) is 4. The van der Waals surface area contributed by atoms with E-state index in [4.69, 9.17) is 4.99 Å². The molecule has 2 aliphatic rings. The molecule has 2 bridgehead atoms. The van der Waals surface area contributed by atoms with Crippen LogP contribution in [0.4, 0.5) is 0 Å². The van der Waals surface area contributed by atoms with Gasteiger partial charge in [0, 0.05) is 37.5 Å². The van der Waals surface area contributed by atoms with Crippen molar-refractivity contribution >= 4 is 15.8 Å². The normalized spacial score (nSPS) is 26.1. The molecule has 6 nitrogen and oxygen atoms in total. The Morgan fingerprint density at radius 2 is 1.82 bits per heavy atom. The highest BCUT2D eigenvalue weighted by atomic mass is 32.2. The molecule has 7 heteroatoms. The molecule has 2 unspecified atom stereocenters. The molecular formula is C21H34N4O2S. The monoisotopic (exact) mass is 406 g/mol. The maximum Gasteiger partial charge on any atom is 0.191 e. The summed E-state index contributed by atoms with van der Waals surface area (Å²) in [7, 11) is -0.862. The average molecular weight is 407 g/mol. The number of sulfone groups is 1. The van der Waals surface area contributed by atoms with Gasteiger partial charge in [-0.2, -0.15) is 0 Å². The summed E-state index contributed by atoms with van der Waals surface area (Å²) in [4.78, 5) is 7.69. The standard InChI is InChI=1S/C21H34N4O2S/c1-4-22-21(24-17-14-18-6-5-7-19(15-17)25(18)2)23-13-12-16-8-10-20(11-9-16)28(3,26)27/h8-11,17-19H,4-7,12-15H2,1-3H3,(H2,22,23,24). The van der Waals surface area contributed by atoms with E-state index in [9.17, 15) is 8.42 Å². The Balaban J connectivity index is 1.55. The van der Waals surface area contributed by atoms with Gasteiger partial charge in [0.15, 0.2) is 15.8 Å². The Kier molecular flexibility index (Phi) is 6.99. The molecule has 2 heterocycles. The second kappa shape index (κ2) is 9.27. The van der Waals surface area contributed by atoms with Gasteiger partial charge in [-0.3, -0.25) is 4.99 Å². The maximum atomic E-state index is 11.6. The zero-order chi connectivity index (χ0) is 20.1. The first kappa shape index (κ1) is 21.1. The summed E-state index contributed by atoms with van der Waals surface area (Å²) in [5.74, 6) is 0.892. The molecule has 0 saturated carbocycles. The molecule has 2 N–H and O–H groups in total. The fraction of sp³-hybridized carbons (Fsp3) is 0.667. The number of fused-ring (bicyclic) bond motifs is 2. The summed E-state index contributed by atoms with van der Waals surface area (Å²) in [6, 6.07) is 8.99. The highest BCUT2D eigenvalue weighted by molar-refractivity contribution is 7.90. The first-order valence-corrected chi connectivity index (χ1v) is 12.3. The van der Waals surface area contributed by atoms with E-state index in [0.29, 0.717) is 29.6 Å². The van der Waals surface area contributed by atoms with Crippen LogP contribution in [0, 0.1) is 0 Å². The number of aliphatic imine (C=N–C) groups is 1. The smallest absolute Gasteiger partial charge is 0.191 e. The zero-order valence-corrected chi connectivity index (χ0v) is 18.1. The first-order chi connectivity index (χ1) is 13.4. The van der Waals surface area contributed by atoms with Crippen LogP contribution in [-0.2, 0) is 16.3 Å². The van der Waals surface area contributed by atoms with E-state index < -0.39 is 9.84 Å². The van der Waals surface area contributed by atoms with Crippen molar-refractivity contribution in [2.45, 2.75) is 68.5 Å². The molecule has 2 fully saturated rings. The molecule has 0 spiro atoms. The van der Waals surface area contributed by atoms with Crippen molar-refractivity contribution in [3.63, 3.8) is 0 Å². The van der Waals surface area contributed by atoms with Crippen molar-refractivity contribution in [2.24, 2.45) is 4.99 Å². The van der Waals surface area contributed by atoms with Crippen molar-refractivity contribution in [1.29, 1.82) is 0 Å². The number of nitrogens with zero attached hydrogens (tertiary/aromatic N) is 2. The van der Waals surface area contributed by atoms with Crippen LogP contribution in [-0.4, -0.2) is 63.8 Å². The molecule has 0 aromatic heterocycles. The van der Waals surface area contributed by atoms with E-state index in [1.165, 1.54) is 38.4 Å². The molecule has 156 valence electrons. The van der Waals surface area contributed by atoms with Gasteiger partial charge >= 0.3 is 0 Å². The molecule has 3 rings (SSSR count). The highest BCUT2D eigenvalue weighted by Gasteiger charge is 2.36. The summed E-state index contributed by atoms with van der Waals surface area (Å²) in [6.45, 7) is 3.60. The van der Waals surface area contributed by atoms with Gasteiger partial charge in [-0.15, -0.1) is 0 Å². The van der Waals surface area contributed by atoms with Gasteiger partial charge in [-0.05, 0) is 63.8 Å². The fourth-order valence-corrected chi connectivity index (χ4v) is 5.08. The second-order valence-corrected chi connectivity index (χ2v) is 10.2. The lowest BCUT2D eigenvalue weighted by atomic mass is 9.82. The lowest BCUT2D eigenvalue weighted by Gasteiger charge is -2.47. The number of benzene rings is 1. The minimum Gasteiger partial charge on any atom is -0.357 e. The Morgan fingerprint density at radius 1 is 1.18 bits per heavy atom. The SMILES string of the molecule is CCNC(=NCCc1ccc(S(C)(=O)=O)cc1)NC1CC2CCCC(C1)N2C. The number of guanidine groups is 1. The first-order valence-electron chi connectivity index (χ1n) is 10.4. The van der Waals surface area contributed by atoms with Gasteiger partial charge < -0.3 is 15.5 Å². The molecular weight excluding hydrogens is 372 g/mol. The van der Waals surface area contributed by atoms with Crippen LogP contribution in [0.25, 0.3) is 0 Å². The Morgan fingerprint density at radius 3 is 2.39 bits per heavy atom. The third kappa shape index (κ3) is 5.47. The van der Waals surface area contributed by atoms with Gasteiger partial charge in [0.2, 0.25) is 0 Å². The minimum atomic E-state index is -3.14. The second-order valence-electron chi connectivity index (χ2n) is 8.14. The van der Waals surface area contributed by atoms with Crippen molar-refractivity contribution in [2.75, 3.05) is 26.4 Å². The molecule has 0 amide bonds. The van der Waals surface area contributed by atoms with Gasteiger partial charge in [-0.25, -0.2) is 8.42 Å². The molecule has 0 aliphatic carbocycles. The number of nitrogens with one attached hydrogen (secondary N) is 2. The predicted molar refractivity (Wildman–Crippen MR) is 115 cm³/mol. The number of rotatable bonds is 6. The van der Waals surface area contributed by atoms with E-state index in [2.05, 4.69) is 29.5 Å². The molecule has 1 aromatic rings. The van der Waals surface area contributed by atoms with Crippen LogP contribution < -0.4 is 10.6 Å². The largest absolute Gasteiger partial charge is 0.357 e. The fourth-order valence-electron chi connectivity index (χ4n) is 4.45. The van der Waals surface area contributed by atoms with Crippen LogP contribution in [0.2, 0.25) is 0 Å². The van der Waals surface area contributed by atoms with E-state index in [0.717, 1.165) is 24.5 Å². The van der Waals surface area contributed by atoms with Gasteiger partial charge in [-0.1, -0.05) is 18.6 Å². The average Bonchev–Trinajstić information content (AvgIpc) is 2.62. The van der Waals surface area contributed by atoms with Crippen LogP contribution >= 0.6 is 0 Å². The third-order valence-electron chi connectivity index (χ3n) is 6.05. The van der Waals surface area contributed by atoms with E-state index in [1.54, 1.807) is 12.1 Å². The summed E-state index contributed by atoms with van der Waals surface area (Å²) < 4.78 is 23.1. The van der Waals surface area contributed by atoms with Crippen LogP contribution in [0.5, 0.6) is 0 Å². The minimum absolute atomic E-state index is 0.363. The topological polar surface area (TPSA) is 73.8 Å². The van der Waals surface area contributed by atoms with Crippen molar-refractivity contribution in [3.05, 3.63) is 29.8 Å². The molecule has 0 radical (unpaired) electrons. The maximum absolute atomic E-state index is 11.6. The van der Waals surface area contributed by atoms with Gasteiger partial charge in [0.05, 0.1) is 4.90 Å². The number of hydrogen-bond donors (Lipinski definition) is 2. The van der Waals surface area contributed by atoms with E-state index >= 15 is 0 Å². The number of piperidine rings is 2. The van der Waals surface area contributed by atoms with Crippen molar-refractivity contribution in [3.8, 4) is 0 Å². The summed E-state index contributed by atoms with van der Waals surface area (Å²) >= 11 is 0. The van der Waals surface area contributed by atoms with Crippen LogP contribution in [0.1, 0.15) is 44.6 Å². The lowest BCUT2D eigenvalue weighted by Crippen LogP contribution is -2.56.